The van der Waals surface area contributed by atoms with Gasteiger partial charge in [-0.25, -0.2) is 8.42 Å². The lowest BCUT2D eigenvalue weighted by atomic mass is 10.1. The molecule has 0 saturated heterocycles. The number of benzene rings is 2. The summed E-state index contributed by atoms with van der Waals surface area (Å²) >= 11 is 0. The molecule has 8 heteroatoms. The highest BCUT2D eigenvalue weighted by molar-refractivity contribution is 7.92. The molecule has 0 unspecified atom stereocenters. The van der Waals surface area contributed by atoms with Gasteiger partial charge >= 0.3 is 5.51 Å². The van der Waals surface area contributed by atoms with E-state index < -0.39 is 20.2 Å². The van der Waals surface area contributed by atoms with Gasteiger partial charge < -0.3 is 4.42 Å². The van der Waals surface area contributed by atoms with Crippen LogP contribution in [0.1, 0.15) is 0 Å². The standard InChI is InChI=1S/C16H9F3O4S/c17-16(18,19)24(21,22)11-7-5-10(6-8-11)15-9-13(20)12-3-1-2-4-14(12)23-15/h1-9H. The molecule has 0 amide bonds. The van der Waals surface area contributed by atoms with Gasteiger partial charge in [0.25, 0.3) is 9.84 Å². The van der Waals surface area contributed by atoms with Crippen molar-refractivity contribution in [3.63, 3.8) is 0 Å². The van der Waals surface area contributed by atoms with E-state index >= 15 is 0 Å². The minimum Gasteiger partial charge on any atom is -0.456 e. The summed E-state index contributed by atoms with van der Waals surface area (Å²) in [7, 11) is -5.41. The molecule has 3 rings (SSSR count). The molecule has 0 aliphatic carbocycles. The predicted molar refractivity (Wildman–Crippen MR) is 81.2 cm³/mol. The summed E-state index contributed by atoms with van der Waals surface area (Å²) in [5.41, 5.74) is -5.06. The van der Waals surface area contributed by atoms with Crippen molar-refractivity contribution in [3.8, 4) is 11.3 Å². The maximum atomic E-state index is 12.5. The van der Waals surface area contributed by atoms with E-state index in [1.54, 1.807) is 24.3 Å². The van der Waals surface area contributed by atoms with Crippen molar-refractivity contribution in [2.45, 2.75) is 10.4 Å². The number of fused-ring (bicyclic) bond motifs is 1. The Labute approximate surface area is 134 Å². The highest BCUT2D eigenvalue weighted by Gasteiger charge is 2.46. The van der Waals surface area contributed by atoms with Crippen molar-refractivity contribution in [2.24, 2.45) is 0 Å². The first-order chi connectivity index (χ1) is 11.2. The van der Waals surface area contributed by atoms with Crippen LogP contribution in [0, 0.1) is 0 Å². The SMILES string of the molecule is O=c1cc(-c2ccc(S(=O)(=O)C(F)(F)F)cc2)oc2ccccc12. The predicted octanol–water partition coefficient (Wildman–Crippen LogP) is 3.75. The molecule has 1 heterocycles. The van der Waals surface area contributed by atoms with Crippen LogP contribution < -0.4 is 5.43 Å². The van der Waals surface area contributed by atoms with E-state index in [9.17, 15) is 26.4 Å². The fourth-order valence-corrected chi connectivity index (χ4v) is 2.94. The van der Waals surface area contributed by atoms with Crippen LogP contribution in [0.3, 0.4) is 0 Å². The second kappa shape index (κ2) is 5.48. The Morgan fingerprint density at radius 2 is 1.54 bits per heavy atom. The van der Waals surface area contributed by atoms with Crippen LogP contribution in [0.25, 0.3) is 22.3 Å². The Morgan fingerprint density at radius 1 is 0.917 bits per heavy atom. The number of alkyl halides is 3. The molecule has 0 spiro atoms. The average Bonchev–Trinajstić information content (AvgIpc) is 2.54. The number of hydrogen-bond donors (Lipinski definition) is 0. The summed E-state index contributed by atoms with van der Waals surface area (Å²) < 4.78 is 65.8. The molecule has 124 valence electrons. The molecule has 0 bridgehead atoms. The highest BCUT2D eigenvalue weighted by atomic mass is 32.2. The fourth-order valence-electron chi connectivity index (χ4n) is 2.18. The normalized spacial score (nSPS) is 12.5. The molecule has 2 aromatic carbocycles. The Kier molecular flexibility index (Phi) is 3.71. The van der Waals surface area contributed by atoms with Gasteiger partial charge in [0.05, 0.1) is 10.3 Å². The maximum Gasteiger partial charge on any atom is 0.501 e. The molecule has 0 aliphatic heterocycles. The molecule has 1 aromatic heterocycles. The summed E-state index contributed by atoms with van der Waals surface area (Å²) in [4.78, 5) is 11.2. The van der Waals surface area contributed by atoms with Crippen molar-refractivity contribution in [2.75, 3.05) is 0 Å². The summed E-state index contributed by atoms with van der Waals surface area (Å²) in [6, 6.07) is 11.7. The highest BCUT2D eigenvalue weighted by Crippen LogP contribution is 2.31. The Morgan fingerprint density at radius 3 is 2.17 bits per heavy atom. The van der Waals surface area contributed by atoms with Crippen LogP contribution in [0.5, 0.6) is 0 Å². The molecule has 4 nitrogen and oxygen atoms in total. The first-order valence-corrected chi connectivity index (χ1v) is 8.13. The largest absolute Gasteiger partial charge is 0.501 e. The first kappa shape index (κ1) is 16.3. The van der Waals surface area contributed by atoms with E-state index in [0.717, 1.165) is 24.3 Å². The van der Waals surface area contributed by atoms with Gasteiger partial charge in [0.1, 0.15) is 11.3 Å². The van der Waals surface area contributed by atoms with Crippen LogP contribution >= 0.6 is 0 Å². The third-order valence-corrected chi connectivity index (χ3v) is 4.89. The molecular formula is C16H9F3O4S. The first-order valence-electron chi connectivity index (χ1n) is 6.65. The smallest absolute Gasteiger partial charge is 0.456 e. The second-order valence-corrected chi connectivity index (χ2v) is 6.89. The number of hydrogen-bond acceptors (Lipinski definition) is 4. The van der Waals surface area contributed by atoms with Gasteiger partial charge in [-0.1, -0.05) is 12.1 Å². The zero-order valence-electron chi connectivity index (χ0n) is 11.9. The molecule has 24 heavy (non-hydrogen) atoms. The van der Waals surface area contributed by atoms with Crippen LogP contribution in [0.2, 0.25) is 0 Å². The maximum absolute atomic E-state index is 12.5. The van der Waals surface area contributed by atoms with Gasteiger partial charge in [-0.05, 0) is 36.4 Å². The fraction of sp³-hybridized carbons (Fsp3) is 0.0625. The third kappa shape index (κ3) is 2.69. The average molecular weight is 354 g/mol. The number of para-hydroxylation sites is 1. The van der Waals surface area contributed by atoms with Gasteiger partial charge in [0.2, 0.25) is 0 Å². The van der Waals surface area contributed by atoms with Gasteiger partial charge in [-0.3, -0.25) is 4.79 Å². The van der Waals surface area contributed by atoms with Crippen molar-refractivity contribution in [3.05, 3.63) is 64.8 Å². The minimum absolute atomic E-state index is 0.134. The summed E-state index contributed by atoms with van der Waals surface area (Å²) in [5, 5.41) is 0.373. The summed E-state index contributed by atoms with van der Waals surface area (Å²) in [5.74, 6) is 0.134. The van der Waals surface area contributed by atoms with Gasteiger partial charge in [-0.2, -0.15) is 13.2 Å². The van der Waals surface area contributed by atoms with E-state index in [-0.39, 0.29) is 11.2 Å². The monoisotopic (exact) mass is 354 g/mol. The molecule has 0 N–H and O–H groups in total. The zero-order chi connectivity index (χ0) is 17.5. The Hall–Kier alpha value is -2.61. The van der Waals surface area contributed by atoms with Gasteiger partial charge in [0.15, 0.2) is 5.43 Å². The lowest BCUT2D eigenvalue weighted by Crippen LogP contribution is -2.23. The molecular weight excluding hydrogens is 345 g/mol. The van der Waals surface area contributed by atoms with E-state index in [1.807, 2.05) is 0 Å². The van der Waals surface area contributed by atoms with Crippen LogP contribution in [-0.2, 0) is 9.84 Å². The van der Waals surface area contributed by atoms with Gasteiger partial charge in [-0.15, -0.1) is 0 Å². The van der Waals surface area contributed by atoms with Crippen LogP contribution in [0.15, 0.2) is 68.7 Å². The van der Waals surface area contributed by atoms with Crippen molar-refractivity contribution in [1.82, 2.24) is 0 Å². The quantitative estimate of drug-likeness (QED) is 0.703. The van der Waals surface area contributed by atoms with E-state index in [2.05, 4.69) is 0 Å². The molecule has 0 aliphatic rings. The molecule has 0 fully saturated rings. The number of sulfone groups is 1. The van der Waals surface area contributed by atoms with E-state index in [1.165, 1.54) is 6.07 Å². The molecule has 0 saturated carbocycles. The molecule has 0 atom stereocenters. The van der Waals surface area contributed by atoms with Crippen LogP contribution in [0.4, 0.5) is 13.2 Å². The Bertz CT molecular complexity index is 1060. The van der Waals surface area contributed by atoms with Crippen LogP contribution in [-0.4, -0.2) is 13.9 Å². The van der Waals surface area contributed by atoms with Crippen molar-refractivity contribution in [1.29, 1.82) is 0 Å². The van der Waals surface area contributed by atoms with E-state index in [4.69, 9.17) is 4.42 Å². The van der Waals surface area contributed by atoms with Crippen molar-refractivity contribution < 1.29 is 26.0 Å². The molecule has 0 radical (unpaired) electrons. The third-order valence-electron chi connectivity index (χ3n) is 3.39. The Balaban J connectivity index is 2.08. The molecule has 3 aromatic rings. The van der Waals surface area contributed by atoms with Gasteiger partial charge in [0, 0.05) is 11.6 Å². The number of halogens is 3. The summed E-state index contributed by atoms with van der Waals surface area (Å²) in [6.07, 6.45) is 0. The lowest BCUT2D eigenvalue weighted by Gasteiger charge is -2.08. The summed E-state index contributed by atoms with van der Waals surface area (Å²) in [6.45, 7) is 0. The second-order valence-electron chi connectivity index (χ2n) is 4.94. The van der Waals surface area contributed by atoms with E-state index in [0.29, 0.717) is 16.5 Å². The topological polar surface area (TPSA) is 64.3 Å². The number of rotatable bonds is 2. The minimum atomic E-state index is -5.41. The zero-order valence-corrected chi connectivity index (χ0v) is 12.7. The lowest BCUT2D eigenvalue weighted by molar-refractivity contribution is -0.0436. The van der Waals surface area contributed by atoms with Crippen molar-refractivity contribution >= 4 is 20.8 Å².